The molecule has 0 aromatic carbocycles. The van der Waals surface area contributed by atoms with Gasteiger partial charge in [-0.25, -0.2) is 4.79 Å². The Morgan fingerprint density at radius 2 is 1.82 bits per heavy atom. The van der Waals surface area contributed by atoms with Crippen molar-refractivity contribution >= 4 is 14.4 Å². The summed E-state index contributed by atoms with van der Waals surface area (Å²) in [6.45, 7) is 21.9. The predicted octanol–water partition coefficient (Wildman–Crippen LogP) is 4.57. The van der Waals surface area contributed by atoms with Crippen LogP contribution in [0.2, 0.25) is 18.1 Å². The van der Waals surface area contributed by atoms with Crippen molar-refractivity contribution in [3.8, 4) is 0 Å². The number of rotatable bonds is 3. The number of likely N-dealkylation sites (tertiary alicyclic amines) is 1. The molecule has 1 saturated heterocycles. The molecule has 5 heteroatoms. The van der Waals surface area contributed by atoms with Gasteiger partial charge in [-0.05, 0) is 45.3 Å². The van der Waals surface area contributed by atoms with Crippen molar-refractivity contribution in [1.82, 2.24) is 4.90 Å². The fourth-order valence-electron chi connectivity index (χ4n) is 2.08. The largest absolute Gasteiger partial charge is 0.444 e. The summed E-state index contributed by atoms with van der Waals surface area (Å²) in [5.41, 5.74) is 0.584. The maximum absolute atomic E-state index is 12.4. The van der Waals surface area contributed by atoms with Crippen LogP contribution < -0.4 is 0 Å². The summed E-state index contributed by atoms with van der Waals surface area (Å²) < 4.78 is 11.8. The third kappa shape index (κ3) is 5.13. The average molecular weight is 328 g/mol. The molecule has 0 spiro atoms. The van der Waals surface area contributed by atoms with E-state index >= 15 is 0 Å². The Balaban J connectivity index is 2.72. The lowest BCUT2D eigenvalue weighted by Crippen LogP contribution is -2.46. The van der Waals surface area contributed by atoms with Gasteiger partial charge in [0, 0.05) is 6.54 Å². The first-order valence-electron chi connectivity index (χ1n) is 8.03. The maximum Gasteiger partial charge on any atom is 0.410 e. The Labute approximate surface area is 137 Å². The Morgan fingerprint density at radius 3 is 2.27 bits per heavy atom. The summed E-state index contributed by atoms with van der Waals surface area (Å²) in [5, 5.41) is 0.166. The molecule has 0 aromatic heterocycles. The molecule has 128 valence electrons. The average Bonchev–Trinajstić information content (AvgIpc) is 2.64. The van der Waals surface area contributed by atoms with E-state index in [0.29, 0.717) is 13.2 Å². The van der Waals surface area contributed by atoms with E-state index in [1.54, 1.807) is 4.90 Å². The summed E-state index contributed by atoms with van der Waals surface area (Å²) in [6.07, 6.45) is 0.531. The molecule has 0 bridgehead atoms. The molecule has 0 radical (unpaired) electrons. The molecule has 1 heterocycles. The third-order valence-corrected chi connectivity index (χ3v) is 8.93. The van der Waals surface area contributed by atoms with E-state index in [4.69, 9.17) is 9.16 Å². The Bertz CT molecular complexity index is 432. The van der Waals surface area contributed by atoms with Crippen LogP contribution in [0.3, 0.4) is 0 Å². The Morgan fingerprint density at radius 1 is 1.27 bits per heavy atom. The standard InChI is InChI=1S/C17H33NO3Si/c1-13-10-14(12-20-22(8,9)17(5,6)7)18(11-13)15(19)21-16(2,3)4/h14H,1,10-12H2,2-9H3. The molecule has 0 aliphatic carbocycles. The van der Waals surface area contributed by atoms with Crippen molar-refractivity contribution in [3.05, 3.63) is 12.2 Å². The molecule has 22 heavy (non-hydrogen) atoms. The minimum atomic E-state index is -1.81. The third-order valence-electron chi connectivity index (χ3n) is 4.43. The number of nitrogens with zero attached hydrogens (tertiary/aromatic N) is 1. The lowest BCUT2D eigenvalue weighted by atomic mass is 10.2. The van der Waals surface area contributed by atoms with Crippen molar-refractivity contribution in [3.63, 3.8) is 0 Å². The lowest BCUT2D eigenvalue weighted by Gasteiger charge is -2.38. The van der Waals surface area contributed by atoms with Crippen LogP contribution in [0, 0.1) is 0 Å². The highest BCUT2D eigenvalue weighted by Crippen LogP contribution is 2.37. The van der Waals surface area contributed by atoms with Crippen molar-refractivity contribution in [2.75, 3.05) is 13.2 Å². The molecule has 0 saturated carbocycles. The van der Waals surface area contributed by atoms with E-state index < -0.39 is 13.9 Å². The highest BCUT2D eigenvalue weighted by atomic mass is 28.4. The van der Waals surface area contributed by atoms with Gasteiger partial charge in [0.2, 0.25) is 0 Å². The molecule has 0 aromatic rings. The second-order valence-electron chi connectivity index (χ2n) is 8.79. The van der Waals surface area contributed by atoms with Crippen LogP contribution in [0.15, 0.2) is 12.2 Å². The van der Waals surface area contributed by atoms with E-state index in [9.17, 15) is 4.79 Å². The van der Waals surface area contributed by atoms with Crippen molar-refractivity contribution < 1.29 is 14.0 Å². The molecule has 1 rings (SSSR count). The van der Waals surface area contributed by atoms with Crippen LogP contribution in [0.1, 0.15) is 48.0 Å². The molecular formula is C17H33NO3Si. The van der Waals surface area contributed by atoms with Crippen molar-refractivity contribution in [2.45, 2.75) is 77.7 Å². The Hall–Kier alpha value is -0.813. The smallest absolute Gasteiger partial charge is 0.410 e. The predicted molar refractivity (Wildman–Crippen MR) is 93.6 cm³/mol. The van der Waals surface area contributed by atoms with Gasteiger partial charge in [-0.15, -0.1) is 0 Å². The van der Waals surface area contributed by atoms with E-state index in [2.05, 4.69) is 40.4 Å². The van der Waals surface area contributed by atoms with Crippen LogP contribution in [0.25, 0.3) is 0 Å². The molecule has 1 atom stereocenters. The minimum absolute atomic E-state index is 0.0384. The van der Waals surface area contributed by atoms with Crippen molar-refractivity contribution in [2.24, 2.45) is 0 Å². The van der Waals surface area contributed by atoms with Gasteiger partial charge in [0.1, 0.15) is 5.60 Å². The SMILES string of the molecule is C=C1CC(CO[Si](C)(C)C(C)(C)C)N(C(=O)OC(C)(C)C)C1. The van der Waals surface area contributed by atoms with Gasteiger partial charge in [-0.2, -0.15) is 0 Å². The summed E-state index contributed by atoms with van der Waals surface area (Å²) in [6, 6.07) is 0.0384. The van der Waals surface area contributed by atoms with Gasteiger partial charge in [-0.3, -0.25) is 4.90 Å². The monoisotopic (exact) mass is 327 g/mol. The number of hydrogen-bond donors (Lipinski definition) is 0. The zero-order valence-electron chi connectivity index (χ0n) is 15.6. The van der Waals surface area contributed by atoms with E-state index in [-0.39, 0.29) is 17.2 Å². The molecule has 0 N–H and O–H groups in total. The van der Waals surface area contributed by atoms with Gasteiger partial charge in [0.15, 0.2) is 8.32 Å². The molecule has 1 unspecified atom stereocenters. The molecule has 1 fully saturated rings. The summed E-state index contributed by atoms with van der Waals surface area (Å²) in [4.78, 5) is 14.1. The van der Waals surface area contributed by atoms with E-state index in [1.807, 2.05) is 20.8 Å². The molecule has 4 nitrogen and oxygen atoms in total. The first-order chi connectivity index (χ1) is 9.73. The van der Waals surface area contributed by atoms with Crippen LogP contribution in [0.5, 0.6) is 0 Å². The normalized spacial score (nSPS) is 20.5. The minimum Gasteiger partial charge on any atom is -0.444 e. The number of carbonyl (C=O) groups excluding carboxylic acids is 1. The lowest BCUT2D eigenvalue weighted by molar-refractivity contribution is 0.0184. The first-order valence-corrected chi connectivity index (χ1v) is 10.9. The van der Waals surface area contributed by atoms with E-state index in [1.165, 1.54) is 0 Å². The topological polar surface area (TPSA) is 38.8 Å². The highest BCUT2D eigenvalue weighted by molar-refractivity contribution is 6.74. The molecule has 1 aliphatic heterocycles. The van der Waals surface area contributed by atoms with Gasteiger partial charge in [0.25, 0.3) is 0 Å². The summed E-state index contributed by atoms with van der Waals surface area (Å²) in [7, 11) is -1.81. The maximum atomic E-state index is 12.4. The zero-order valence-corrected chi connectivity index (χ0v) is 16.6. The van der Waals surface area contributed by atoms with Crippen LogP contribution in [-0.4, -0.2) is 44.1 Å². The second-order valence-corrected chi connectivity index (χ2v) is 13.6. The van der Waals surface area contributed by atoms with Crippen LogP contribution >= 0.6 is 0 Å². The molecular weight excluding hydrogens is 294 g/mol. The zero-order chi connectivity index (χ0) is 17.3. The number of ether oxygens (including phenoxy) is 1. The van der Waals surface area contributed by atoms with E-state index in [0.717, 1.165) is 12.0 Å². The Kier molecular flexibility index (Phi) is 5.56. The highest BCUT2D eigenvalue weighted by Gasteiger charge is 2.40. The van der Waals surface area contributed by atoms with Gasteiger partial charge >= 0.3 is 6.09 Å². The second kappa shape index (κ2) is 6.36. The summed E-state index contributed by atoms with van der Waals surface area (Å²) in [5.74, 6) is 0. The van der Waals surface area contributed by atoms with Crippen molar-refractivity contribution in [1.29, 1.82) is 0 Å². The fraction of sp³-hybridized carbons (Fsp3) is 0.824. The number of amides is 1. The fourth-order valence-corrected chi connectivity index (χ4v) is 3.12. The number of hydrogen-bond acceptors (Lipinski definition) is 3. The van der Waals surface area contributed by atoms with Gasteiger partial charge in [-0.1, -0.05) is 32.9 Å². The first kappa shape index (κ1) is 19.2. The number of carbonyl (C=O) groups is 1. The summed E-state index contributed by atoms with van der Waals surface area (Å²) >= 11 is 0. The van der Waals surface area contributed by atoms with Crippen LogP contribution in [-0.2, 0) is 9.16 Å². The van der Waals surface area contributed by atoms with Crippen LogP contribution in [0.4, 0.5) is 4.79 Å². The van der Waals surface area contributed by atoms with Gasteiger partial charge in [0.05, 0.1) is 12.6 Å². The molecule has 1 aliphatic rings. The molecule has 1 amide bonds. The van der Waals surface area contributed by atoms with Gasteiger partial charge < -0.3 is 9.16 Å². The quantitative estimate of drug-likeness (QED) is 0.563.